The molecule has 0 unspecified atom stereocenters. The van der Waals surface area contributed by atoms with E-state index in [1.165, 1.54) is 12.1 Å². The van der Waals surface area contributed by atoms with E-state index in [0.717, 1.165) is 5.56 Å². The lowest BCUT2D eigenvalue weighted by molar-refractivity contribution is -0.131. The smallest absolute Gasteiger partial charge is 0.255 e. The fourth-order valence-corrected chi connectivity index (χ4v) is 4.06. The molecule has 0 saturated heterocycles. The quantitative estimate of drug-likeness (QED) is 0.459. The van der Waals surface area contributed by atoms with Gasteiger partial charge in [-0.3, -0.25) is 19.2 Å². The average molecular weight is 527 g/mol. The summed E-state index contributed by atoms with van der Waals surface area (Å²) >= 11 is 0. The highest BCUT2D eigenvalue weighted by Crippen LogP contribution is 2.19. The van der Waals surface area contributed by atoms with Crippen molar-refractivity contribution in [3.8, 4) is 5.75 Å². The van der Waals surface area contributed by atoms with Crippen LogP contribution in [0.4, 0.5) is 4.39 Å². The van der Waals surface area contributed by atoms with Crippen molar-refractivity contribution in [2.45, 2.75) is 51.6 Å². The fraction of sp³-hybridized carbons (Fsp3) is 0.429. The van der Waals surface area contributed by atoms with Crippen molar-refractivity contribution < 1.29 is 28.3 Å². The molecule has 0 bridgehead atoms. The van der Waals surface area contributed by atoms with E-state index in [-0.39, 0.29) is 42.8 Å². The van der Waals surface area contributed by atoms with E-state index in [4.69, 9.17) is 4.74 Å². The molecule has 2 aromatic carbocycles. The van der Waals surface area contributed by atoms with Crippen LogP contribution >= 0.6 is 0 Å². The van der Waals surface area contributed by atoms with E-state index < -0.39 is 29.8 Å². The van der Waals surface area contributed by atoms with Crippen LogP contribution in [0.3, 0.4) is 0 Å². The number of nitrogens with one attached hydrogen (secondary N) is 4. The highest BCUT2D eigenvalue weighted by Gasteiger charge is 2.28. The van der Waals surface area contributed by atoms with Crippen LogP contribution in [0.15, 0.2) is 48.5 Å². The molecule has 9 nitrogen and oxygen atoms in total. The molecule has 0 spiro atoms. The summed E-state index contributed by atoms with van der Waals surface area (Å²) in [7, 11) is 0. The molecule has 0 fully saturated rings. The van der Waals surface area contributed by atoms with E-state index in [2.05, 4.69) is 21.3 Å². The number of amides is 4. The molecule has 2 atom stereocenters. The molecule has 204 valence electrons. The van der Waals surface area contributed by atoms with Crippen LogP contribution in [0, 0.1) is 11.7 Å². The summed E-state index contributed by atoms with van der Waals surface area (Å²) in [6, 6.07) is 10.6. The van der Waals surface area contributed by atoms with Gasteiger partial charge in [-0.2, -0.15) is 0 Å². The van der Waals surface area contributed by atoms with Gasteiger partial charge in [0.05, 0.1) is 18.6 Å². The zero-order valence-corrected chi connectivity index (χ0v) is 21.7. The van der Waals surface area contributed by atoms with Crippen LogP contribution < -0.4 is 26.0 Å². The first-order chi connectivity index (χ1) is 18.2. The minimum absolute atomic E-state index is 0.135. The molecule has 0 aliphatic carbocycles. The summed E-state index contributed by atoms with van der Waals surface area (Å²) in [6.45, 7) is 4.71. The largest absolute Gasteiger partial charge is 0.493 e. The molecular formula is C28H35FN4O5. The summed E-state index contributed by atoms with van der Waals surface area (Å²) < 4.78 is 18.9. The molecule has 0 saturated carbocycles. The summed E-state index contributed by atoms with van der Waals surface area (Å²) in [5, 5.41) is 10.9. The Morgan fingerprint density at radius 1 is 1.08 bits per heavy atom. The third-order valence-corrected chi connectivity index (χ3v) is 6.01. The monoisotopic (exact) mass is 526 g/mol. The van der Waals surface area contributed by atoms with Gasteiger partial charge >= 0.3 is 0 Å². The second kappa shape index (κ2) is 14.1. The average Bonchev–Trinajstić information content (AvgIpc) is 2.88. The van der Waals surface area contributed by atoms with E-state index in [9.17, 15) is 23.6 Å². The minimum atomic E-state index is -1.20. The van der Waals surface area contributed by atoms with Crippen molar-refractivity contribution in [1.82, 2.24) is 21.3 Å². The maximum absolute atomic E-state index is 13.2. The molecule has 38 heavy (non-hydrogen) atoms. The third-order valence-electron chi connectivity index (χ3n) is 6.01. The lowest BCUT2D eigenvalue weighted by Crippen LogP contribution is -2.52. The fourth-order valence-electron chi connectivity index (χ4n) is 4.06. The van der Waals surface area contributed by atoms with Crippen molar-refractivity contribution in [3.05, 3.63) is 65.5 Å². The van der Waals surface area contributed by atoms with Crippen LogP contribution in [0.2, 0.25) is 0 Å². The Morgan fingerprint density at radius 3 is 2.55 bits per heavy atom. The standard InChI is InChI=1S/C28H35FN4O5/c1-18(2)16-22-27(36)30-13-5-15-38-24-7-4-3-6-21(24)26(35)33-23(17-25(34)32-22)28(37)31-14-12-19-8-10-20(29)11-9-19/h3-4,6-11,18,22-23H,5,12-17H2,1-2H3,(H,30,36)(H,31,37)(H,32,34)(H,33,35)/t22-,23+/m1/s1. The zero-order chi connectivity index (χ0) is 27.5. The van der Waals surface area contributed by atoms with Crippen LogP contribution in [0.1, 0.15) is 49.0 Å². The van der Waals surface area contributed by atoms with E-state index in [0.29, 0.717) is 31.6 Å². The first-order valence-corrected chi connectivity index (χ1v) is 12.8. The normalized spacial score (nSPS) is 19.1. The second-order valence-electron chi connectivity index (χ2n) is 9.64. The van der Waals surface area contributed by atoms with Crippen LogP contribution in [0.25, 0.3) is 0 Å². The summed E-state index contributed by atoms with van der Waals surface area (Å²) in [4.78, 5) is 52.0. The highest BCUT2D eigenvalue weighted by molar-refractivity contribution is 6.01. The van der Waals surface area contributed by atoms with Crippen LogP contribution in [-0.2, 0) is 20.8 Å². The Kier molecular flexibility index (Phi) is 10.6. The van der Waals surface area contributed by atoms with Crippen LogP contribution in [-0.4, -0.2) is 55.4 Å². The lowest BCUT2D eigenvalue weighted by Gasteiger charge is -2.22. The zero-order valence-electron chi connectivity index (χ0n) is 21.7. The number of halogens is 1. The van der Waals surface area contributed by atoms with Gasteiger partial charge in [-0.1, -0.05) is 38.1 Å². The van der Waals surface area contributed by atoms with Gasteiger partial charge in [-0.05, 0) is 55.0 Å². The van der Waals surface area contributed by atoms with Crippen molar-refractivity contribution in [3.63, 3.8) is 0 Å². The van der Waals surface area contributed by atoms with Crippen molar-refractivity contribution in [2.75, 3.05) is 19.7 Å². The molecule has 1 heterocycles. The number of carbonyl (C=O) groups excluding carboxylic acids is 4. The molecule has 3 rings (SSSR count). The number of ether oxygens (including phenoxy) is 1. The Hall–Kier alpha value is -3.95. The Bertz CT molecular complexity index is 1120. The maximum Gasteiger partial charge on any atom is 0.255 e. The molecule has 4 N–H and O–H groups in total. The molecule has 10 heteroatoms. The number of fused-ring (bicyclic) bond motifs is 1. The highest BCUT2D eigenvalue weighted by atomic mass is 19.1. The molecule has 1 aliphatic rings. The lowest BCUT2D eigenvalue weighted by atomic mass is 10.0. The molecular weight excluding hydrogens is 491 g/mol. The first-order valence-electron chi connectivity index (χ1n) is 12.8. The summed E-state index contributed by atoms with van der Waals surface area (Å²) in [5.41, 5.74) is 1.05. The van der Waals surface area contributed by atoms with E-state index in [1.54, 1.807) is 36.4 Å². The summed E-state index contributed by atoms with van der Waals surface area (Å²) in [5.74, 6) is -1.84. The number of carbonyl (C=O) groups is 4. The van der Waals surface area contributed by atoms with Gasteiger partial charge < -0.3 is 26.0 Å². The predicted octanol–water partition coefficient (Wildman–Crippen LogP) is 2.10. The van der Waals surface area contributed by atoms with Crippen molar-refractivity contribution in [1.29, 1.82) is 0 Å². The van der Waals surface area contributed by atoms with Gasteiger partial charge in [0.25, 0.3) is 5.91 Å². The Balaban J connectivity index is 1.78. The molecule has 0 aromatic heterocycles. The molecule has 4 amide bonds. The molecule has 2 aromatic rings. The Morgan fingerprint density at radius 2 is 1.82 bits per heavy atom. The van der Waals surface area contributed by atoms with E-state index >= 15 is 0 Å². The topological polar surface area (TPSA) is 126 Å². The van der Waals surface area contributed by atoms with Gasteiger partial charge in [0.2, 0.25) is 17.7 Å². The number of hydrogen-bond acceptors (Lipinski definition) is 5. The Labute approximate surface area is 221 Å². The number of rotatable bonds is 6. The third kappa shape index (κ3) is 8.86. The number of hydrogen-bond donors (Lipinski definition) is 4. The van der Waals surface area contributed by atoms with Gasteiger partial charge in [0.1, 0.15) is 23.7 Å². The van der Waals surface area contributed by atoms with Gasteiger partial charge in [-0.15, -0.1) is 0 Å². The maximum atomic E-state index is 13.2. The summed E-state index contributed by atoms with van der Waals surface area (Å²) in [6.07, 6.45) is 0.995. The number of para-hydroxylation sites is 1. The van der Waals surface area contributed by atoms with E-state index in [1.807, 2.05) is 13.8 Å². The SMILES string of the molecule is CC(C)C[C@H]1NC(=O)C[C@@H](C(=O)NCCc2ccc(F)cc2)NC(=O)c2ccccc2OCCCNC1=O. The van der Waals surface area contributed by atoms with Gasteiger partial charge in [0, 0.05) is 13.1 Å². The van der Waals surface area contributed by atoms with Crippen LogP contribution in [0.5, 0.6) is 5.75 Å². The van der Waals surface area contributed by atoms with Gasteiger partial charge in [-0.25, -0.2) is 4.39 Å². The van der Waals surface area contributed by atoms with Crippen molar-refractivity contribution >= 4 is 23.6 Å². The minimum Gasteiger partial charge on any atom is -0.493 e. The second-order valence-corrected chi connectivity index (χ2v) is 9.64. The molecule has 0 radical (unpaired) electrons. The first kappa shape index (κ1) is 28.6. The van der Waals surface area contributed by atoms with Crippen molar-refractivity contribution in [2.24, 2.45) is 5.92 Å². The number of benzene rings is 2. The van der Waals surface area contributed by atoms with Gasteiger partial charge in [0.15, 0.2) is 0 Å². The molecule has 1 aliphatic heterocycles. The predicted molar refractivity (Wildman–Crippen MR) is 140 cm³/mol.